The number of rotatable bonds is 3. The smallest absolute Gasteiger partial charge is 0.248 e. The molecule has 1 N–H and O–H groups in total. The summed E-state index contributed by atoms with van der Waals surface area (Å²) in [6.07, 6.45) is 8.57. The standard InChI is InChI=1S/C17H13NO/c1-2-14-9-6-10-16(13-14)18-17(19)12-11-15-7-4-3-5-8-15/h1,3-13H,(H,18,19)/b12-11-. The van der Waals surface area contributed by atoms with Gasteiger partial charge in [-0.25, -0.2) is 0 Å². The Hall–Kier alpha value is -2.79. The molecule has 1 amide bonds. The Labute approximate surface area is 112 Å². The van der Waals surface area contributed by atoms with E-state index in [4.69, 9.17) is 6.42 Å². The lowest BCUT2D eigenvalue weighted by molar-refractivity contribution is -0.111. The molecule has 0 aliphatic heterocycles. The lowest BCUT2D eigenvalue weighted by Crippen LogP contribution is -2.07. The Morgan fingerprint density at radius 2 is 1.89 bits per heavy atom. The van der Waals surface area contributed by atoms with E-state index in [0.717, 1.165) is 11.1 Å². The molecule has 0 saturated carbocycles. The van der Waals surface area contributed by atoms with Crippen LogP contribution < -0.4 is 5.32 Å². The van der Waals surface area contributed by atoms with E-state index in [1.807, 2.05) is 42.5 Å². The number of terminal acetylenes is 1. The first-order valence-electron chi connectivity index (χ1n) is 5.89. The molecule has 0 aliphatic rings. The molecule has 2 aromatic rings. The van der Waals surface area contributed by atoms with Gasteiger partial charge in [0, 0.05) is 17.3 Å². The molecule has 0 fully saturated rings. The molecular weight excluding hydrogens is 234 g/mol. The van der Waals surface area contributed by atoms with Crippen LogP contribution in [0.1, 0.15) is 11.1 Å². The van der Waals surface area contributed by atoms with Gasteiger partial charge in [-0.15, -0.1) is 6.42 Å². The molecule has 0 atom stereocenters. The van der Waals surface area contributed by atoms with Gasteiger partial charge in [-0.3, -0.25) is 4.79 Å². The second kappa shape index (κ2) is 6.23. The van der Waals surface area contributed by atoms with Crippen LogP contribution in [0.2, 0.25) is 0 Å². The molecule has 0 radical (unpaired) electrons. The predicted octanol–water partition coefficient (Wildman–Crippen LogP) is 3.32. The first-order chi connectivity index (χ1) is 9.28. The highest BCUT2D eigenvalue weighted by Crippen LogP contribution is 2.10. The van der Waals surface area contributed by atoms with Gasteiger partial charge in [0.25, 0.3) is 0 Å². The van der Waals surface area contributed by atoms with Crippen LogP contribution in [-0.2, 0) is 4.79 Å². The summed E-state index contributed by atoms with van der Waals surface area (Å²) in [5.41, 5.74) is 2.41. The van der Waals surface area contributed by atoms with Crippen molar-refractivity contribution in [2.24, 2.45) is 0 Å². The second-order valence-corrected chi connectivity index (χ2v) is 3.96. The van der Waals surface area contributed by atoms with E-state index < -0.39 is 0 Å². The van der Waals surface area contributed by atoms with Crippen molar-refractivity contribution in [2.75, 3.05) is 5.32 Å². The van der Waals surface area contributed by atoms with Gasteiger partial charge in [-0.2, -0.15) is 0 Å². The molecule has 0 spiro atoms. The predicted molar refractivity (Wildman–Crippen MR) is 78.5 cm³/mol. The van der Waals surface area contributed by atoms with Crippen molar-refractivity contribution in [1.29, 1.82) is 0 Å². The Kier molecular flexibility index (Phi) is 4.15. The summed E-state index contributed by atoms with van der Waals surface area (Å²) in [7, 11) is 0. The van der Waals surface area contributed by atoms with Crippen molar-refractivity contribution in [1.82, 2.24) is 0 Å². The third-order valence-corrected chi connectivity index (χ3v) is 2.52. The van der Waals surface area contributed by atoms with Gasteiger partial charge in [0.05, 0.1) is 0 Å². The first-order valence-corrected chi connectivity index (χ1v) is 5.89. The fraction of sp³-hybridized carbons (Fsp3) is 0. The maximum Gasteiger partial charge on any atom is 0.248 e. The van der Waals surface area contributed by atoms with Gasteiger partial charge < -0.3 is 5.32 Å². The van der Waals surface area contributed by atoms with Gasteiger partial charge in [-0.05, 0) is 29.8 Å². The van der Waals surface area contributed by atoms with Crippen molar-refractivity contribution >= 4 is 17.7 Å². The minimum Gasteiger partial charge on any atom is -0.322 e. The topological polar surface area (TPSA) is 29.1 Å². The number of hydrogen-bond donors (Lipinski definition) is 1. The highest BCUT2D eigenvalue weighted by Gasteiger charge is 1.98. The fourth-order valence-electron chi connectivity index (χ4n) is 1.61. The summed E-state index contributed by atoms with van der Waals surface area (Å²) < 4.78 is 0. The second-order valence-electron chi connectivity index (χ2n) is 3.96. The highest BCUT2D eigenvalue weighted by atomic mass is 16.1. The molecular formula is C17H13NO. The van der Waals surface area contributed by atoms with Crippen LogP contribution in [0, 0.1) is 12.3 Å². The van der Waals surface area contributed by atoms with Gasteiger partial charge in [-0.1, -0.05) is 42.3 Å². The van der Waals surface area contributed by atoms with Crippen LogP contribution in [-0.4, -0.2) is 5.91 Å². The SMILES string of the molecule is C#Cc1cccc(NC(=O)/C=C\c2ccccc2)c1. The molecule has 19 heavy (non-hydrogen) atoms. The summed E-state index contributed by atoms with van der Waals surface area (Å²) in [5.74, 6) is 2.35. The van der Waals surface area contributed by atoms with Gasteiger partial charge in [0.15, 0.2) is 0 Å². The van der Waals surface area contributed by atoms with Crippen LogP contribution in [0.15, 0.2) is 60.7 Å². The zero-order valence-electron chi connectivity index (χ0n) is 10.3. The van der Waals surface area contributed by atoms with Crippen molar-refractivity contribution < 1.29 is 4.79 Å². The van der Waals surface area contributed by atoms with Crippen LogP contribution in [0.25, 0.3) is 6.08 Å². The van der Waals surface area contributed by atoms with E-state index in [0.29, 0.717) is 5.69 Å². The van der Waals surface area contributed by atoms with Crippen molar-refractivity contribution in [3.8, 4) is 12.3 Å². The van der Waals surface area contributed by atoms with Crippen molar-refractivity contribution in [2.45, 2.75) is 0 Å². The van der Waals surface area contributed by atoms with Crippen molar-refractivity contribution in [3.05, 3.63) is 71.8 Å². The van der Waals surface area contributed by atoms with E-state index in [2.05, 4.69) is 11.2 Å². The van der Waals surface area contributed by atoms with Gasteiger partial charge in [0.2, 0.25) is 5.91 Å². The molecule has 0 bridgehead atoms. The van der Waals surface area contributed by atoms with E-state index in [1.165, 1.54) is 6.08 Å². The zero-order valence-corrected chi connectivity index (χ0v) is 10.3. The van der Waals surface area contributed by atoms with Crippen LogP contribution >= 0.6 is 0 Å². The fourth-order valence-corrected chi connectivity index (χ4v) is 1.61. The summed E-state index contributed by atoms with van der Waals surface area (Å²) in [6.45, 7) is 0. The molecule has 0 aromatic heterocycles. The lowest BCUT2D eigenvalue weighted by Gasteiger charge is -2.02. The summed E-state index contributed by atoms with van der Waals surface area (Å²) in [4.78, 5) is 11.7. The molecule has 0 unspecified atom stereocenters. The molecule has 2 rings (SSSR count). The summed E-state index contributed by atoms with van der Waals surface area (Å²) in [6, 6.07) is 16.8. The molecule has 0 aliphatic carbocycles. The number of amides is 1. The number of hydrogen-bond acceptors (Lipinski definition) is 1. The molecule has 0 heterocycles. The average Bonchev–Trinajstić information content (AvgIpc) is 2.46. The third kappa shape index (κ3) is 3.86. The highest BCUT2D eigenvalue weighted by molar-refractivity contribution is 6.01. The van der Waals surface area contributed by atoms with E-state index in [1.54, 1.807) is 18.2 Å². The Balaban J connectivity index is 2.02. The molecule has 2 nitrogen and oxygen atoms in total. The number of anilines is 1. The lowest BCUT2D eigenvalue weighted by atomic mass is 10.2. The minimum absolute atomic E-state index is 0.182. The summed E-state index contributed by atoms with van der Waals surface area (Å²) in [5, 5.41) is 2.77. The minimum atomic E-state index is -0.182. The van der Waals surface area contributed by atoms with Gasteiger partial charge >= 0.3 is 0 Å². The largest absolute Gasteiger partial charge is 0.322 e. The number of carbonyl (C=O) groups is 1. The molecule has 92 valence electrons. The zero-order chi connectivity index (χ0) is 13.5. The van der Waals surface area contributed by atoms with Crippen molar-refractivity contribution in [3.63, 3.8) is 0 Å². The van der Waals surface area contributed by atoms with E-state index in [9.17, 15) is 4.79 Å². The first kappa shape index (κ1) is 12.7. The van der Waals surface area contributed by atoms with Gasteiger partial charge in [0.1, 0.15) is 0 Å². The van der Waals surface area contributed by atoms with Crippen LogP contribution in [0.5, 0.6) is 0 Å². The summed E-state index contributed by atoms with van der Waals surface area (Å²) >= 11 is 0. The molecule has 0 saturated heterocycles. The van der Waals surface area contributed by atoms with E-state index >= 15 is 0 Å². The number of benzene rings is 2. The maximum atomic E-state index is 11.7. The molecule has 2 heteroatoms. The monoisotopic (exact) mass is 247 g/mol. The number of nitrogens with one attached hydrogen (secondary N) is 1. The quantitative estimate of drug-likeness (QED) is 0.654. The maximum absolute atomic E-state index is 11.7. The Bertz CT molecular complexity index is 636. The van der Waals surface area contributed by atoms with Crippen LogP contribution in [0.4, 0.5) is 5.69 Å². The van der Waals surface area contributed by atoms with E-state index in [-0.39, 0.29) is 5.91 Å². The normalized spacial score (nSPS) is 10.1. The third-order valence-electron chi connectivity index (χ3n) is 2.52. The number of carbonyl (C=O) groups excluding carboxylic acids is 1. The Morgan fingerprint density at radius 1 is 1.11 bits per heavy atom. The molecule has 2 aromatic carbocycles. The van der Waals surface area contributed by atoms with Crippen LogP contribution in [0.3, 0.4) is 0 Å². The average molecular weight is 247 g/mol. The Morgan fingerprint density at radius 3 is 2.63 bits per heavy atom.